The number of hydrogen-bond donors (Lipinski definition) is 2. The van der Waals surface area contributed by atoms with E-state index in [9.17, 15) is 14.7 Å². The van der Waals surface area contributed by atoms with Gasteiger partial charge in [0.2, 0.25) is 5.91 Å². The summed E-state index contributed by atoms with van der Waals surface area (Å²) in [6.07, 6.45) is 4.62. The standard InChI is InChI=1S/C46H51N5O3/c1-3-41(34-7-5-4-6-8-34)44(36-12-17-40(52)18-13-36)35-10-14-38(15-11-35)49-23-21-33(22-24-49)30-48-25-27-50(28-26-48)39-16-19-42-37(29-39)31-51(46(42)54)43-20-9-32(2)47-45(43)53/h4-8,10-19,29,33,43,52H,2-3,9,20-28,30-31H2,1H3,(H,47,53). The van der Waals surface area contributed by atoms with Gasteiger partial charge < -0.3 is 25.1 Å². The molecule has 2 N–H and O–H groups in total. The van der Waals surface area contributed by atoms with Crippen LogP contribution in [0.5, 0.6) is 5.75 Å². The van der Waals surface area contributed by atoms with Crippen molar-refractivity contribution < 1.29 is 14.7 Å². The van der Waals surface area contributed by atoms with Crippen molar-refractivity contribution in [2.45, 2.75) is 51.6 Å². The molecule has 4 aliphatic rings. The van der Waals surface area contributed by atoms with E-state index in [0.717, 1.165) is 74.6 Å². The van der Waals surface area contributed by atoms with Crippen LogP contribution in [0.15, 0.2) is 109 Å². The molecule has 1 unspecified atom stereocenters. The lowest BCUT2D eigenvalue weighted by Gasteiger charge is -2.40. The summed E-state index contributed by atoms with van der Waals surface area (Å²) >= 11 is 0. The van der Waals surface area contributed by atoms with Gasteiger partial charge in [0.15, 0.2) is 0 Å². The Bertz CT molecular complexity index is 2030. The summed E-state index contributed by atoms with van der Waals surface area (Å²) in [7, 11) is 0. The van der Waals surface area contributed by atoms with Gasteiger partial charge >= 0.3 is 0 Å². The minimum Gasteiger partial charge on any atom is -0.508 e. The van der Waals surface area contributed by atoms with E-state index in [1.807, 2.05) is 18.2 Å². The van der Waals surface area contributed by atoms with Crippen LogP contribution in [0.2, 0.25) is 0 Å². The number of benzene rings is 4. The number of phenols is 1. The van der Waals surface area contributed by atoms with Crippen LogP contribution < -0.4 is 15.1 Å². The number of fused-ring (bicyclic) bond motifs is 1. The van der Waals surface area contributed by atoms with E-state index in [1.165, 1.54) is 46.5 Å². The zero-order valence-corrected chi connectivity index (χ0v) is 31.3. The number of carbonyl (C=O) groups is 2. The van der Waals surface area contributed by atoms with Crippen molar-refractivity contribution in [3.8, 4) is 5.75 Å². The third kappa shape index (κ3) is 7.40. The molecule has 8 nitrogen and oxygen atoms in total. The Morgan fingerprint density at radius 3 is 2.07 bits per heavy atom. The molecular weight excluding hydrogens is 671 g/mol. The molecular formula is C46H51N5O3. The molecule has 1 atom stereocenters. The SMILES string of the molecule is C=C1CCC(N2Cc3cc(N4CCN(CC5CCN(c6ccc(C(=C(CC)c7ccccc7)c7ccc(O)cc7)cc6)CC5)CC4)ccc3C2=O)C(=O)N1. The zero-order chi connectivity index (χ0) is 37.2. The van der Waals surface area contributed by atoms with E-state index in [1.54, 1.807) is 17.0 Å². The molecule has 0 bridgehead atoms. The van der Waals surface area contributed by atoms with Crippen LogP contribution in [0.3, 0.4) is 0 Å². The average molecular weight is 722 g/mol. The van der Waals surface area contributed by atoms with Gasteiger partial charge in [0.1, 0.15) is 11.8 Å². The Hall–Kier alpha value is -5.34. The highest BCUT2D eigenvalue weighted by atomic mass is 16.3. The third-order valence-electron chi connectivity index (χ3n) is 11.9. The average Bonchev–Trinajstić information content (AvgIpc) is 3.53. The Labute approximate surface area is 319 Å². The molecule has 4 aromatic rings. The highest BCUT2D eigenvalue weighted by Crippen LogP contribution is 2.37. The first-order valence-corrected chi connectivity index (χ1v) is 19.7. The summed E-state index contributed by atoms with van der Waals surface area (Å²) in [5.74, 6) is 0.807. The third-order valence-corrected chi connectivity index (χ3v) is 11.9. The van der Waals surface area contributed by atoms with Crippen LogP contribution in [0.25, 0.3) is 11.1 Å². The van der Waals surface area contributed by atoms with Gasteiger partial charge in [-0.15, -0.1) is 0 Å². The maximum absolute atomic E-state index is 13.2. The Morgan fingerprint density at radius 1 is 0.759 bits per heavy atom. The van der Waals surface area contributed by atoms with Crippen molar-refractivity contribution in [3.05, 3.63) is 137 Å². The largest absolute Gasteiger partial charge is 0.508 e. The van der Waals surface area contributed by atoms with Crippen molar-refractivity contribution in [3.63, 3.8) is 0 Å². The van der Waals surface area contributed by atoms with E-state index in [2.05, 4.69) is 100 Å². The van der Waals surface area contributed by atoms with Gasteiger partial charge in [-0.3, -0.25) is 14.5 Å². The van der Waals surface area contributed by atoms with Crippen molar-refractivity contribution in [2.24, 2.45) is 5.92 Å². The Kier molecular flexibility index (Phi) is 10.3. The zero-order valence-electron chi connectivity index (χ0n) is 31.3. The van der Waals surface area contributed by atoms with Crippen LogP contribution in [-0.4, -0.2) is 78.6 Å². The van der Waals surface area contributed by atoms with Crippen LogP contribution in [-0.2, 0) is 11.3 Å². The Balaban J connectivity index is 0.851. The summed E-state index contributed by atoms with van der Waals surface area (Å²) in [6.45, 7) is 13.9. The summed E-state index contributed by atoms with van der Waals surface area (Å²) in [5.41, 5.74) is 11.0. The Morgan fingerprint density at radius 2 is 1.41 bits per heavy atom. The van der Waals surface area contributed by atoms with Crippen molar-refractivity contribution in [1.29, 1.82) is 0 Å². The van der Waals surface area contributed by atoms with Crippen LogP contribution in [0.1, 0.15) is 71.6 Å². The van der Waals surface area contributed by atoms with Crippen LogP contribution in [0.4, 0.5) is 11.4 Å². The van der Waals surface area contributed by atoms with Crippen molar-refractivity contribution in [2.75, 3.05) is 55.6 Å². The molecule has 4 heterocycles. The lowest BCUT2D eigenvalue weighted by atomic mass is 9.88. The molecule has 0 aromatic heterocycles. The number of nitrogens with one attached hydrogen (secondary N) is 1. The van der Waals surface area contributed by atoms with Gasteiger partial charge in [-0.25, -0.2) is 0 Å². The number of hydrogen-bond acceptors (Lipinski definition) is 6. The van der Waals surface area contributed by atoms with Crippen LogP contribution in [0, 0.1) is 5.92 Å². The highest BCUT2D eigenvalue weighted by Gasteiger charge is 2.38. The number of rotatable bonds is 9. The van der Waals surface area contributed by atoms with Crippen molar-refractivity contribution >= 4 is 34.3 Å². The fourth-order valence-corrected chi connectivity index (χ4v) is 8.91. The first-order chi connectivity index (χ1) is 26.3. The normalized spacial score (nSPS) is 20.2. The fraction of sp³-hybridized carbons (Fsp3) is 0.348. The summed E-state index contributed by atoms with van der Waals surface area (Å²) in [6, 6.07) is 33.1. The number of aromatic hydroxyl groups is 1. The van der Waals surface area contributed by atoms with Crippen LogP contribution >= 0.6 is 0 Å². The number of piperazine rings is 1. The molecule has 2 amide bonds. The molecule has 4 aliphatic heterocycles. The molecule has 8 heteroatoms. The lowest BCUT2D eigenvalue weighted by molar-refractivity contribution is -0.126. The first kappa shape index (κ1) is 35.7. The number of piperidine rings is 2. The van der Waals surface area contributed by atoms with Crippen molar-refractivity contribution in [1.82, 2.24) is 15.1 Å². The molecule has 0 radical (unpaired) electrons. The fourth-order valence-electron chi connectivity index (χ4n) is 8.91. The molecule has 4 aromatic carbocycles. The molecule has 3 saturated heterocycles. The van der Waals surface area contributed by atoms with Gasteiger partial charge in [0, 0.05) is 75.0 Å². The highest BCUT2D eigenvalue weighted by molar-refractivity contribution is 6.02. The molecule has 278 valence electrons. The van der Waals surface area contributed by atoms with E-state index in [0.29, 0.717) is 25.3 Å². The topological polar surface area (TPSA) is 79.4 Å². The molecule has 0 aliphatic carbocycles. The van der Waals surface area contributed by atoms with E-state index < -0.39 is 6.04 Å². The molecule has 0 spiro atoms. The smallest absolute Gasteiger partial charge is 0.255 e. The number of anilines is 2. The number of nitrogens with zero attached hydrogens (tertiary/aromatic N) is 4. The number of carbonyl (C=O) groups excluding carboxylic acids is 2. The predicted molar refractivity (Wildman–Crippen MR) is 217 cm³/mol. The molecule has 8 rings (SSSR count). The van der Waals surface area contributed by atoms with E-state index in [-0.39, 0.29) is 17.6 Å². The first-order valence-electron chi connectivity index (χ1n) is 19.7. The lowest BCUT2D eigenvalue weighted by Crippen LogP contribution is -2.49. The molecule has 54 heavy (non-hydrogen) atoms. The number of phenolic OH excluding ortho intramolecular Hbond substituents is 1. The monoisotopic (exact) mass is 721 g/mol. The maximum Gasteiger partial charge on any atom is 0.255 e. The van der Waals surface area contributed by atoms with Gasteiger partial charge in [0.25, 0.3) is 5.91 Å². The van der Waals surface area contributed by atoms with Gasteiger partial charge in [0.05, 0.1) is 0 Å². The second-order valence-corrected chi connectivity index (χ2v) is 15.3. The molecule has 3 fully saturated rings. The minimum absolute atomic E-state index is 0.0431. The predicted octanol–water partition coefficient (Wildman–Crippen LogP) is 7.55. The van der Waals surface area contributed by atoms with Gasteiger partial charge in [-0.2, -0.15) is 0 Å². The minimum atomic E-state index is -0.429. The van der Waals surface area contributed by atoms with Gasteiger partial charge in [-0.05, 0) is 114 Å². The quantitative estimate of drug-likeness (QED) is 0.174. The summed E-state index contributed by atoms with van der Waals surface area (Å²) in [4.78, 5) is 35.2. The van der Waals surface area contributed by atoms with E-state index in [4.69, 9.17) is 0 Å². The summed E-state index contributed by atoms with van der Waals surface area (Å²) < 4.78 is 0. The summed E-state index contributed by atoms with van der Waals surface area (Å²) in [5, 5.41) is 12.8. The number of amides is 2. The van der Waals surface area contributed by atoms with Gasteiger partial charge in [-0.1, -0.05) is 68.1 Å². The second-order valence-electron chi connectivity index (χ2n) is 15.3. The van der Waals surface area contributed by atoms with E-state index >= 15 is 0 Å². The molecule has 0 saturated carbocycles. The maximum atomic E-state index is 13.2. The second kappa shape index (κ2) is 15.6. The number of allylic oxidation sites excluding steroid dienone is 2.